The maximum Gasteiger partial charge on any atom is 0.416 e. The number of aromatic nitrogens is 3. The van der Waals surface area contributed by atoms with Gasteiger partial charge >= 0.3 is 6.18 Å². The van der Waals surface area contributed by atoms with Gasteiger partial charge in [0, 0.05) is 38.2 Å². The van der Waals surface area contributed by atoms with Crippen molar-refractivity contribution >= 4 is 17.8 Å². The molecular formula is C28H33F3N6O. The molecule has 2 heterocycles. The lowest BCUT2D eigenvalue weighted by molar-refractivity contribution is -0.138. The fourth-order valence-corrected chi connectivity index (χ4v) is 4.49. The van der Waals surface area contributed by atoms with Crippen LogP contribution in [-0.4, -0.2) is 41.0 Å². The van der Waals surface area contributed by atoms with Crippen molar-refractivity contribution in [2.24, 2.45) is 5.92 Å². The number of nitrogens with one attached hydrogen (secondary N) is 2. The number of anilines is 2. The molecule has 0 bridgehead atoms. The van der Waals surface area contributed by atoms with E-state index in [4.69, 9.17) is 4.98 Å². The van der Waals surface area contributed by atoms with E-state index in [0.29, 0.717) is 43.7 Å². The Bertz CT molecular complexity index is 1260. The van der Waals surface area contributed by atoms with Gasteiger partial charge in [-0.05, 0) is 35.4 Å². The topological polar surface area (TPSA) is 83.0 Å². The van der Waals surface area contributed by atoms with Crippen molar-refractivity contribution in [2.75, 3.05) is 30.4 Å². The summed E-state index contributed by atoms with van der Waals surface area (Å²) in [6, 6.07) is 13.5. The van der Waals surface area contributed by atoms with Gasteiger partial charge < -0.3 is 15.5 Å². The van der Waals surface area contributed by atoms with Crippen molar-refractivity contribution in [2.45, 2.75) is 51.7 Å². The number of nitrogens with zero attached hydrogens (tertiary/aromatic N) is 4. The average molecular weight is 527 g/mol. The van der Waals surface area contributed by atoms with Gasteiger partial charge in [-0.15, -0.1) is 0 Å². The van der Waals surface area contributed by atoms with E-state index in [-0.39, 0.29) is 29.3 Å². The zero-order valence-electron chi connectivity index (χ0n) is 22.1. The first-order valence-electron chi connectivity index (χ1n) is 12.7. The lowest BCUT2D eigenvalue weighted by Gasteiger charge is -2.31. The summed E-state index contributed by atoms with van der Waals surface area (Å²) < 4.78 is 39.7. The maximum atomic E-state index is 13.2. The monoisotopic (exact) mass is 526 g/mol. The Morgan fingerprint density at radius 1 is 0.974 bits per heavy atom. The minimum atomic E-state index is -4.46. The SMILES string of the molecule is CNc1nc(-c2ccc(C(C)(C)C)cc2)nc(N2CCC(C(=O)NCc3ccccc3C(F)(F)F)CC2)n1. The Morgan fingerprint density at radius 2 is 1.63 bits per heavy atom. The maximum absolute atomic E-state index is 13.2. The predicted octanol–water partition coefficient (Wildman–Crippen LogP) is 5.43. The number of rotatable bonds is 6. The van der Waals surface area contributed by atoms with Crippen molar-refractivity contribution in [1.82, 2.24) is 20.3 Å². The average Bonchev–Trinajstić information content (AvgIpc) is 2.90. The highest BCUT2D eigenvalue weighted by Crippen LogP contribution is 2.32. The van der Waals surface area contributed by atoms with Gasteiger partial charge in [0.2, 0.25) is 17.8 Å². The fourth-order valence-electron chi connectivity index (χ4n) is 4.49. The molecular weight excluding hydrogens is 493 g/mol. The molecule has 38 heavy (non-hydrogen) atoms. The van der Waals surface area contributed by atoms with Gasteiger partial charge in [0.1, 0.15) is 0 Å². The molecule has 0 radical (unpaired) electrons. The van der Waals surface area contributed by atoms with Crippen LogP contribution in [-0.2, 0) is 22.9 Å². The van der Waals surface area contributed by atoms with Crippen molar-refractivity contribution in [3.63, 3.8) is 0 Å². The van der Waals surface area contributed by atoms with E-state index >= 15 is 0 Å². The summed E-state index contributed by atoms with van der Waals surface area (Å²) in [5.41, 5.74) is 1.46. The molecule has 1 aromatic heterocycles. The summed E-state index contributed by atoms with van der Waals surface area (Å²) in [7, 11) is 1.75. The van der Waals surface area contributed by atoms with Gasteiger partial charge in [0.05, 0.1) is 5.56 Å². The van der Waals surface area contributed by atoms with E-state index in [9.17, 15) is 18.0 Å². The minimum Gasteiger partial charge on any atom is -0.357 e. The van der Waals surface area contributed by atoms with E-state index in [1.807, 2.05) is 17.0 Å². The van der Waals surface area contributed by atoms with Crippen LogP contribution in [0.5, 0.6) is 0 Å². The molecule has 2 aromatic carbocycles. The first kappa shape index (κ1) is 27.3. The number of benzene rings is 2. The van der Waals surface area contributed by atoms with Crippen LogP contribution in [0.4, 0.5) is 25.1 Å². The molecule has 3 aromatic rings. The van der Waals surface area contributed by atoms with Crippen LogP contribution in [0.15, 0.2) is 48.5 Å². The molecule has 1 fully saturated rings. The van der Waals surface area contributed by atoms with Crippen LogP contribution in [0.25, 0.3) is 11.4 Å². The molecule has 0 atom stereocenters. The van der Waals surface area contributed by atoms with E-state index in [0.717, 1.165) is 11.6 Å². The van der Waals surface area contributed by atoms with Crippen LogP contribution < -0.4 is 15.5 Å². The lowest BCUT2D eigenvalue weighted by atomic mass is 9.87. The number of carbonyl (C=O) groups is 1. The number of alkyl halides is 3. The highest BCUT2D eigenvalue weighted by molar-refractivity contribution is 5.79. The zero-order valence-corrected chi connectivity index (χ0v) is 22.1. The highest BCUT2D eigenvalue weighted by atomic mass is 19.4. The Kier molecular flexibility index (Phi) is 7.89. The molecule has 10 heteroatoms. The third-order valence-electron chi connectivity index (χ3n) is 6.78. The van der Waals surface area contributed by atoms with Crippen LogP contribution in [0.3, 0.4) is 0 Å². The Labute approximate surface area is 220 Å². The highest BCUT2D eigenvalue weighted by Gasteiger charge is 2.33. The van der Waals surface area contributed by atoms with Gasteiger partial charge in [-0.25, -0.2) is 0 Å². The smallest absolute Gasteiger partial charge is 0.357 e. The molecule has 0 saturated carbocycles. The largest absolute Gasteiger partial charge is 0.416 e. The van der Waals surface area contributed by atoms with E-state index in [1.165, 1.54) is 23.8 Å². The van der Waals surface area contributed by atoms with Gasteiger partial charge in [-0.2, -0.15) is 28.1 Å². The minimum absolute atomic E-state index is 0.0390. The van der Waals surface area contributed by atoms with Crippen LogP contribution in [0.1, 0.15) is 50.3 Å². The van der Waals surface area contributed by atoms with Crippen LogP contribution in [0, 0.1) is 5.92 Å². The molecule has 0 spiro atoms. The quantitative estimate of drug-likeness (QED) is 0.446. The van der Waals surface area contributed by atoms with Crippen LogP contribution >= 0.6 is 0 Å². The summed E-state index contributed by atoms with van der Waals surface area (Å²) in [6.45, 7) is 7.42. The standard InChI is InChI=1S/C28H33F3N6O/c1-27(2,3)21-11-9-18(10-12-21)23-34-25(32-4)36-26(35-23)37-15-13-19(14-16-37)24(38)33-17-20-7-5-6-8-22(20)28(29,30)31/h5-12,19H,13-17H2,1-4H3,(H,33,38)(H,32,34,35,36). The molecule has 0 aliphatic carbocycles. The van der Waals surface area contributed by atoms with E-state index in [2.05, 4.69) is 53.5 Å². The normalized spacial score (nSPS) is 14.9. The number of amides is 1. The molecule has 1 amide bonds. The summed E-state index contributed by atoms with van der Waals surface area (Å²) in [4.78, 5) is 28.5. The zero-order chi connectivity index (χ0) is 27.5. The predicted molar refractivity (Wildman–Crippen MR) is 142 cm³/mol. The van der Waals surface area contributed by atoms with Crippen molar-refractivity contribution in [3.05, 3.63) is 65.2 Å². The second kappa shape index (κ2) is 11.0. The summed E-state index contributed by atoms with van der Waals surface area (Å²) in [6.07, 6.45) is -3.37. The molecule has 1 aliphatic heterocycles. The fraction of sp³-hybridized carbons (Fsp3) is 0.429. The number of piperidine rings is 1. The molecule has 1 saturated heterocycles. The molecule has 7 nitrogen and oxygen atoms in total. The van der Waals surface area contributed by atoms with Gasteiger partial charge in [-0.3, -0.25) is 4.79 Å². The third kappa shape index (κ3) is 6.41. The van der Waals surface area contributed by atoms with Crippen LogP contribution in [0.2, 0.25) is 0 Å². The summed E-state index contributed by atoms with van der Waals surface area (Å²) in [5, 5.41) is 5.68. The van der Waals surface area contributed by atoms with Crippen molar-refractivity contribution in [1.29, 1.82) is 0 Å². The molecule has 1 aliphatic rings. The number of halogens is 3. The van der Waals surface area contributed by atoms with E-state index in [1.54, 1.807) is 7.05 Å². The van der Waals surface area contributed by atoms with Gasteiger partial charge in [0.25, 0.3) is 0 Å². The molecule has 202 valence electrons. The first-order chi connectivity index (χ1) is 18.0. The molecule has 2 N–H and O–H groups in total. The third-order valence-corrected chi connectivity index (χ3v) is 6.78. The van der Waals surface area contributed by atoms with Gasteiger partial charge in [0.15, 0.2) is 5.82 Å². The van der Waals surface area contributed by atoms with E-state index < -0.39 is 11.7 Å². The second-order valence-corrected chi connectivity index (χ2v) is 10.5. The second-order valence-electron chi connectivity index (χ2n) is 10.5. The Morgan fingerprint density at radius 3 is 2.24 bits per heavy atom. The lowest BCUT2D eigenvalue weighted by Crippen LogP contribution is -2.41. The molecule has 0 unspecified atom stereocenters. The first-order valence-corrected chi connectivity index (χ1v) is 12.7. The number of hydrogen-bond donors (Lipinski definition) is 2. The van der Waals surface area contributed by atoms with Crippen molar-refractivity contribution < 1.29 is 18.0 Å². The number of carbonyl (C=O) groups excluding carboxylic acids is 1. The number of hydrogen-bond acceptors (Lipinski definition) is 6. The Hall–Kier alpha value is -3.69. The van der Waals surface area contributed by atoms with Gasteiger partial charge in [-0.1, -0.05) is 63.2 Å². The Balaban J connectivity index is 1.41. The summed E-state index contributed by atoms with van der Waals surface area (Å²) in [5.74, 6) is 1.00. The van der Waals surface area contributed by atoms with Crippen molar-refractivity contribution in [3.8, 4) is 11.4 Å². The molecule has 4 rings (SSSR count). The summed E-state index contributed by atoms with van der Waals surface area (Å²) >= 11 is 0.